The number of nitrogens with two attached hydrogens (primary N) is 1. The van der Waals surface area contributed by atoms with Crippen molar-refractivity contribution < 1.29 is 4.42 Å². The summed E-state index contributed by atoms with van der Waals surface area (Å²) in [5, 5.41) is 8.75. The van der Waals surface area contributed by atoms with Gasteiger partial charge in [-0.3, -0.25) is 4.90 Å². The van der Waals surface area contributed by atoms with Crippen molar-refractivity contribution in [3.05, 3.63) is 35.2 Å². The van der Waals surface area contributed by atoms with Crippen LogP contribution in [-0.4, -0.2) is 34.2 Å². The predicted octanol–water partition coefficient (Wildman–Crippen LogP) is 1.53. The SMILES string of the molecule is NC1CN(Cc2nnc(-c3ccc(Cl)cc3)o2)C1. The number of benzene rings is 1. The van der Waals surface area contributed by atoms with Crippen LogP contribution >= 0.6 is 11.6 Å². The lowest BCUT2D eigenvalue weighted by Gasteiger charge is -2.35. The van der Waals surface area contributed by atoms with E-state index in [2.05, 4.69) is 15.1 Å². The Balaban J connectivity index is 1.71. The molecule has 1 aliphatic heterocycles. The van der Waals surface area contributed by atoms with Gasteiger partial charge in [0.15, 0.2) is 0 Å². The molecule has 0 saturated carbocycles. The van der Waals surface area contributed by atoms with Crippen molar-refractivity contribution >= 4 is 11.6 Å². The fourth-order valence-electron chi connectivity index (χ4n) is 1.96. The Morgan fingerprint density at radius 3 is 2.67 bits per heavy atom. The van der Waals surface area contributed by atoms with E-state index < -0.39 is 0 Å². The number of hydrogen-bond donors (Lipinski definition) is 1. The molecule has 94 valence electrons. The number of aromatic nitrogens is 2. The van der Waals surface area contributed by atoms with Gasteiger partial charge in [-0.05, 0) is 24.3 Å². The van der Waals surface area contributed by atoms with Crippen LogP contribution in [0, 0.1) is 0 Å². The molecule has 0 spiro atoms. The van der Waals surface area contributed by atoms with E-state index >= 15 is 0 Å². The summed E-state index contributed by atoms with van der Waals surface area (Å²) in [5.74, 6) is 1.14. The molecule has 0 aliphatic carbocycles. The van der Waals surface area contributed by atoms with Gasteiger partial charge in [-0.15, -0.1) is 10.2 Å². The fourth-order valence-corrected chi connectivity index (χ4v) is 2.08. The van der Waals surface area contributed by atoms with Gasteiger partial charge in [0.1, 0.15) is 0 Å². The average molecular weight is 265 g/mol. The Labute approximate surface area is 110 Å². The molecule has 2 N–H and O–H groups in total. The van der Waals surface area contributed by atoms with E-state index in [9.17, 15) is 0 Å². The highest BCUT2D eigenvalue weighted by Crippen LogP contribution is 2.21. The molecule has 6 heteroatoms. The first kappa shape index (κ1) is 11.6. The summed E-state index contributed by atoms with van der Waals surface area (Å²) in [4.78, 5) is 2.17. The minimum absolute atomic E-state index is 0.281. The van der Waals surface area contributed by atoms with Crippen LogP contribution in [0.25, 0.3) is 11.5 Å². The molecule has 1 aromatic heterocycles. The van der Waals surface area contributed by atoms with Crippen molar-refractivity contribution in [1.82, 2.24) is 15.1 Å². The number of hydrogen-bond acceptors (Lipinski definition) is 5. The van der Waals surface area contributed by atoms with Crippen LogP contribution in [0.2, 0.25) is 5.02 Å². The molecule has 1 aliphatic rings. The monoisotopic (exact) mass is 264 g/mol. The zero-order chi connectivity index (χ0) is 12.5. The first-order valence-electron chi connectivity index (χ1n) is 5.77. The van der Waals surface area contributed by atoms with Crippen LogP contribution < -0.4 is 5.73 Å². The van der Waals surface area contributed by atoms with E-state index in [1.807, 2.05) is 12.1 Å². The summed E-state index contributed by atoms with van der Waals surface area (Å²) in [5.41, 5.74) is 6.59. The van der Waals surface area contributed by atoms with Crippen LogP contribution in [0.1, 0.15) is 5.89 Å². The lowest BCUT2D eigenvalue weighted by atomic mass is 10.1. The summed E-state index contributed by atoms with van der Waals surface area (Å²) in [6.07, 6.45) is 0. The van der Waals surface area contributed by atoms with Crippen molar-refractivity contribution in [3.8, 4) is 11.5 Å². The highest BCUT2D eigenvalue weighted by Gasteiger charge is 2.24. The van der Waals surface area contributed by atoms with Crippen LogP contribution in [-0.2, 0) is 6.54 Å². The minimum Gasteiger partial charge on any atom is -0.419 e. The Kier molecular flexibility index (Phi) is 3.03. The van der Waals surface area contributed by atoms with Crippen LogP contribution in [0.5, 0.6) is 0 Å². The maximum atomic E-state index is 5.83. The molecular formula is C12H13ClN4O. The fraction of sp³-hybridized carbons (Fsp3) is 0.333. The quantitative estimate of drug-likeness (QED) is 0.911. The molecule has 0 radical (unpaired) electrons. The van der Waals surface area contributed by atoms with Crippen molar-refractivity contribution in [2.24, 2.45) is 5.73 Å². The highest BCUT2D eigenvalue weighted by molar-refractivity contribution is 6.30. The lowest BCUT2D eigenvalue weighted by Crippen LogP contribution is -2.54. The summed E-state index contributed by atoms with van der Waals surface area (Å²) < 4.78 is 5.60. The number of likely N-dealkylation sites (tertiary alicyclic amines) is 1. The van der Waals surface area contributed by atoms with Gasteiger partial charge in [-0.1, -0.05) is 11.6 Å². The van der Waals surface area contributed by atoms with E-state index in [0.29, 0.717) is 23.3 Å². The summed E-state index contributed by atoms with van der Waals surface area (Å²) in [6.45, 7) is 2.44. The maximum absolute atomic E-state index is 5.83. The van der Waals surface area contributed by atoms with Crippen molar-refractivity contribution in [2.75, 3.05) is 13.1 Å². The second kappa shape index (κ2) is 4.68. The van der Waals surface area contributed by atoms with Crippen LogP contribution in [0.3, 0.4) is 0 Å². The molecule has 18 heavy (non-hydrogen) atoms. The van der Waals surface area contributed by atoms with Crippen molar-refractivity contribution in [1.29, 1.82) is 0 Å². The van der Waals surface area contributed by atoms with Gasteiger partial charge in [-0.2, -0.15) is 0 Å². The van der Waals surface area contributed by atoms with Gasteiger partial charge >= 0.3 is 0 Å². The average Bonchev–Trinajstić information content (AvgIpc) is 2.77. The molecule has 5 nitrogen and oxygen atoms in total. The summed E-state index contributed by atoms with van der Waals surface area (Å²) in [7, 11) is 0. The summed E-state index contributed by atoms with van der Waals surface area (Å²) in [6, 6.07) is 7.60. The number of nitrogens with zero attached hydrogens (tertiary/aromatic N) is 3. The largest absolute Gasteiger partial charge is 0.419 e. The summed E-state index contributed by atoms with van der Waals surface area (Å²) >= 11 is 5.83. The zero-order valence-electron chi connectivity index (χ0n) is 9.71. The van der Waals surface area contributed by atoms with Gasteiger partial charge < -0.3 is 10.2 Å². The van der Waals surface area contributed by atoms with E-state index in [-0.39, 0.29) is 6.04 Å². The van der Waals surface area contributed by atoms with Crippen LogP contribution in [0.4, 0.5) is 0 Å². The van der Waals surface area contributed by atoms with Gasteiger partial charge in [0, 0.05) is 29.7 Å². The van der Waals surface area contributed by atoms with E-state index in [4.69, 9.17) is 21.8 Å². The van der Waals surface area contributed by atoms with Crippen LogP contribution in [0.15, 0.2) is 28.7 Å². The molecule has 1 aromatic carbocycles. The molecule has 0 unspecified atom stereocenters. The lowest BCUT2D eigenvalue weighted by molar-refractivity contribution is 0.129. The number of halogens is 1. The van der Waals surface area contributed by atoms with Gasteiger partial charge in [0.05, 0.1) is 6.54 Å². The topological polar surface area (TPSA) is 68.2 Å². The smallest absolute Gasteiger partial charge is 0.247 e. The molecule has 0 amide bonds. The zero-order valence-corrected chi connectivity index (χ0v) is 10.5. The van der Waals surface area contributed by atoms with E-state index in [1.54, 1.807) is 12.1 Å². The molecule has 3 rings (SSSR count). The molecule has 2 aromatic rings. The molecule has 1 fully saturated rings. The van der Waals surface area contributed by atoms with Gasteiger partial charge in [0.2, 0.25) is 11.8 Å². The molecule has 0 bridgehead atoms. The van der Waals surface area contributed by atoms with Gasteiger partial charge in [0.25, 0.3) is 0 Å². The third-order valence-electron chi connectivity index (χ3n) is 2.90. The van der Waals surface area contributed by atoms with Crippen molar-refractivity contribution in [3.63, 3.8) is 0 Å². The first-order chi connectivity index (χ1) is 8.70. The third-order valence-corrected chi connectivity index (χ3v) is 3.15. The van der Waals surface area contributed by atoms with Crippen molar-refractivity contribution in [2.45, 2.75) is 12.6 Å². The normalized spacial score (nSPS) is 16.8. The first-order valence-corrected chi connectivity index (χ1v) is 6.15. The molecule has 2 heterocycles. The number of rotatable bonds is 3. The maximum Gasteiger partial charge on any atom is 0.247 e. The van der Waals surface area contributed by atoms with E-state index in [1.165, 1.54) is 0 Å². The Bertz CT molecular complexity index is 533. The standard InChI is InChI=1S/C12H13ClN4O/c13-9-3-1-8(2-4-9)12-16-15-11(18-12)7-17-5-10(14)6-17/h1-4,10H,5-7,14H2. The Morgan fingerprint density at radius 2 is 2.00 bits per heavy atom. The second-order valence-electron chi connectivity index (χ2n) is 4.46. The molecule has 0 atom stereocenters. The highest BCUT2D eigenvalue weighted by atomic mass is 35.5. The second-order valence-corrected chi connectivity index (χ2v) is 4.90. The minimum atomic E-state index is 0.281. The molecule has 1 saturated heterocycles. The van der Waals surface area contributed by atoms with Gasteiger partial charge in [-0.25, -0.2) is 0 Å². The van der Waals surface area contributed by atoms with E-state index in [0.717, 1.165) is 18.7 Å². The Morgan fingerprint density at radius 1 is 1.28 bits per heavy atom. The predicted molar refractivity (Wildman–Crippen MR) is 68.0 cm³/mol. The molecular weight excluding hydrogens is 252 g/mol. The third kappa shape index (κ3) is 2.38. The Hall–Kier alpha value is -1.43.